The molecule has 0 aliphatic carbocycles. The van der Waals surface area contributed by atoms with Gasteiger partial charge in [0.25, 0.3) is 0 Å². The average molecular weight is 182 g/mol. The molecule has 3 N–H and O–H groups in total. The summed E-state index contributed by atoms with van der Waals surface area (Å²) in [5, 5.41) is 8.70. The van der Waals surface area contributed by atoms with E-state index >= 15 is 0 Å². The van der Waals surface area contributed by atoms with Crippen molar-refractivity contribution in [2.45, 2.75) is 19.8 Å². The van der Waals surface area contributed by atoms with Gasteiger partial charge in [0, 0.05) is 0 Å². The van der Waals surface area contributed by atoms with Crippen molar-refractivity contribution in [3.8, 4) is 0 Å². The zero-order valence-electron chi connectivity index (χ0n) is 7.74. The Labute approximate surface area is 77.3 Å². The number of carboxylic acids is 1. The molecule has 3 heteroatoms. The van der Waals surface area contributed by atoms with Gasteiger partial charge in [-0.2, -0.15) is 0 Å². The van der Waals surface area contributed by atoms with Gasteiger partial charge in [0.2, 0.25) is 0 Å². The largest absolute Gasteiger partial charge is 0.481 e. The summed E-state index contributed by atoms with van der Waals surface area (Å²) < 4.78 is 0. The van der Waals surface area contributed by atoms with Gasteiger partial charge in [0.15, 0.2) is 0 Å². The van der Waals surface area contributed by atoms with E-state index in [0.29, 0.717) is 0 Å². The summed E-state index contributed by atoms with van der Waals surface area (Å²) in [6.07, 6.45) is 0. The number of aliphatic carboxylic acids is 1. The lowest BCUT2D eigenvalue weighted by Crippen LogP contribution is -2.06. The zero-order valence-corrected chi connectivity index (χ0v) is 7.74. The monoisotopic (exact) mass is 182 g/mol. The van der Waals surface area contributed by atoms with E-state index in [2.05, 4.69) is 0 Å². The molecule has 1 aromatic rings. The van der Waals surface area contributed by atoms with Gasteiger partial charge < -0.3 is 10.6 Å². The van der Waals surface area contributed by atoms with Crippen LogP contribution in [-0.2, 0) is 4.79 Å². The molecule has 1 atom stereocenters. The Morgan fingerprint density at radius 3 is 2.15 bits per heavy atom. The molecule has 72 valence electrons. The summed E-state index contributed by atoms with van der Waals surface area (Å²) >= 11 is 0. The second kappa shape index (κ2) is 4.62. The summed E-state index contributed by atoms with van der Waals surface area (Å²) in [6.45, 7) is 3.67. The summed E-state index contributed by atoms with van der Waals surface area (Å²) in [5.74, 6) is -1.19. The minimum Gasteiger partial charge on any atom is -0.481 e. The second-order valence-corrected chi connectivity index (χ2v) is 2.97. The van der Waals surface area contributed by atoms with Gasteiger partial charge in [0.05, 0.1) is 5.92 Å². The van der Waals surface area contributed by atoms with Crippen molar-refractivity contribution >= 4 is 5.97 Å². The smallest absolute Gasteiger partial charge is 0.310 e. The van der Waals surface area contributed by atoms with E-state index in [1.807, 2.05) is 31.2 Å². The van der Waals surface area contributed by atoms with Crippen molar-refractivity contribution < 1.29 is 15.4 Å². The average Bonchev–Trinajstić information content (AvgIpc) is 2.04. The molecule has 3 nitrogen and oxygen atoms in total. The van der Waals surface area contributed by atoms with Gasteiger partial charge in [-0.15, -0.1) is 0 Å². The molecule has 0 radical (unpaired) electrons. The number of benzene rings is 1. The number of hydrogen-bond donors (Lipinski definition) is 1. The molecule has 0 heterocycles. The highest BCUT2D eigenvalue weighted by Crippen LogP contribution is 2.15. The molecule has 1 aromatic carbocycles. The van der Waals surface area contributed by atoms with Gasteiger partial charge in [-0.3, -0.25) is 4.79 Å². The third-order valence-corrected chi connectivity index (χ3v) is 1.95. The number of carboxylic acid groups (broad SMARTS) is 1. The fourth-order valence-electron chi connectivity index (χ4n) is 0.998. The molecule has 13 heavy (non-hydrogen) atoms. The Kier molecular flexibility index (Phi) is 4.14. The fraction of sp³-hybridized carbons (Fsp3) is 0.300. The van der Waals surface area contributed by atoms with E-state index in [4.69, 9.17) is 5.11 Å². The summed E-state index contributed by atoms with van der Waals surface area (Å²) in [6, 6.07) is 7.56. The lowest BCUT2D eigenvalue weighted by atomic mass is 10.0. The van der Waals surface area contributed by atoms with Gasteiger partial charge in [-0.25, -0.2) is 0 Å². The molecule has 0 amide bonds. The molecule has 0 aliphatic rings. The van der Waals surface area contributed by atoms with Crippen LogP contribution >= 0.6 is 0 Å². The normalized spacial score (nSPS) is 11.5. The van der Waals surface area contributed by atoms with Crippen LogP contribution in [-0.4, -0.2) is 16.6 Å². The summed E-state index contributed by atoms with van der Waals surface area (Å²) in [5.41, 5.74) is 2.00. The summed E-state index contributed by atoms with van der Waals surface area (Å²) in [7, 11) is 0. The van der Waals surface area contributed by atoms with Crippen LogP contribution in [0.5, 0.6) is 0 Å². The van der Waals surface area contributed by atoms with Crippen LogP contribution in [0.1, 0.15) is 24.0 Å². The maximum absolute atomic E-state index is 10.6. The molecule has 0 saturated carbocycles. The molecule has 0 aromatic heterocycles. The van der Waals surface area contributed by atoms with Crippen LogP contribution in [0.2, 0.25) is 0 Å². The Balaban J connectivity index is 0.00000144. The maximum Gasteiger partial charge on any atom is 0.310 e. The van der Waals surface area contributed by atoms with Crippen LogP contribution < -0.4 is 0 Å². The third-order valence-electron chi connectivity index (χ3n) is 1.95. The number of hydrogen-bond acceptors (Lipinski definition) is 1. The van der Waals surface area contributed by atoms with Crippen molar-refractivity contribution in [2.75, 3.05) is 0 Å². The van der Waals surface area contributed by atoms with Gasteiger partial charge >= 0.3 is 5.97 Å². The predicted molar refractivity (Wildman–Crippen MR) is 50.8 cm³/mol. The van der Waals surface area contributed by atoms with Crippen molar-refractivity contribution in [3.05, 3.63) is 35.4 Å². The number of aryl methyl sites for hydroxylation is 1. The summed E-state index contributed by atoms with van der Waals surface area (Å²) in [4.78, 5) is 10.6. The Bertz CT molecular complexity index is 277. The number of carbonyl (C=O) groups is 1. The molecule has 0 saturated heterocycles. The molecular formula is C10H14O3. The first kappa shape index (κ1) is 11.6. The second-order valence-electron chi connectivity index (χ2n) is 2.97. The first-order chi connectivity index (χ1) is 5.61. The van der Waals surface area contributed by atoms with Crippen molar-refractivity contribution in [3.63, 3.8) is 0 Å². The van der Waals surface area contributed by atoms with E-state index in [-0.39, 0.29) is 5.48 Å². The van der Waals surface area contributed by atoms with Gasteiger partial charge in [-0.05, 0) is 19.4 Å². The van der Waals surface area contributed by atoms with E-state index in [1.165, 1.54) is 0 Å². The van der Waals surface area contributed by atoms with E-state index in [0.717, 1.165) is 11.1 Å². The SMILES string of the molecule is Cc1ccc(C(C)C(=O)O)cc1.O. The lowest BCUT2D eigenvalue weighted by molar-refractivity contribution is -0.138. The third kappa shape index (κ3) is 2.87. The predicted octanol–water partition coefficient (Wildman–Crippen LogP) is 1.36. The van der Waals surface area contributed by atoms with Gasteiger partial charge in [-0.1, -0.05) is 29.8 Å². The minimum absolute atomic E-state index is 0. The Hall–Kier alpha value is -1.35. The van der Waals surface area contributed by atoms with E-state index in [9.17, 15) is 4.79 Å². The highest BCUT2D eigenvalue weighted by molar-refractivity contribution is 5.75. The van der Waals surface area contributed by atoms with Crippen LogP contribution in [0.15, 0.2) is 24.3 Å². The van der Waals surface area contributed by atoms with Crippen LogP contribution in [0, 0.1) is 6.92 Å². The highest BCUT2D eigenvalue weighted by Gasteiger charge is 2.12. The molecule has 0 aliphatic heterocycles. The minimum atomic E-state index is -0.779. The highest BCUT2D eigenvalue weighted by atomic mass is 16.4. The molecule has 0 spiro atoms. The Morgan fingerprint density at radius 2 is 1.77 bits per heavy atom. The zero-order chi connectivity index (χ0) is 9.14. The quantitative estimate of drug-likeness (QED) is 0.750. The van der Waals surface area contributed by atoms with Crippen LogP contribution in [0.25, 0.3) is 0 Å². The van der Waals surface area contributed by atoms with Crippen molar-refractivity contribution in [2.24, 2.45) is 0 Å². The first-order valence-corrected chi connectivity index (χ1v) is 3.90. The van der Waals surface area contributed by atoms with Crippen molar-refractivity contribution in [1.82, 2.24) is 0 Å². The molecule has 1 rings (SSSR count). The van der Waals surface area contributed by atoms with Gasteiger partial charge in [0.1, 0.15) is 0 Å². The number of rotatable bonds is 2. The fourth-order valence-corrected chi connectivity index (χ4v) is 0.998. The van der Waals surface area contributed by atoms with E-state index < -0.39 is 11.9 Å². The first-order valence-electron chi connectivity index (χ1n) is 3.90. The molecule has 1 unspecified atom stereocenters. The standard InChI is InChI=1S/C10H12O2.H2O/c1-7-3-5-9(6-4-7)8(2)10(11)12;/h3-6,8H,1-2H3,(H,11,12);1H2. The molecule has 0 fully saturated rings. The van der Waals surface area contributed by atoms with Crippen LogP contribution in [0.4, 0.5) is 0 Å². The molecule has 0 bridgehead atoms. The Morgan fingerprint density at radius 1 is 1.31 bits per heavy atom. The molecular weight excluding hydrogens is 168 g/mol. The maximum atomic E-state index is 10.6. The van der Waals surface area contributed by atoms with Crippen LogP contribution in [0.3, 0.4) is 0 Å². The van der Waals surface area contributed by atoms with Crippen molar-refractivity contribution in [1.29, 1.82) is 0 Å². The lowest BCUT2D eigenvalue weighted by Gasteiger charge is -2.05. The topological polar surface area (TPSA) is 68.8 Å². The van der Waals surface area contributed by atoms with E-state index in [1.54, 1.807) is 6.92 Å².